The molecule has 7 heteroatoms. The van der Waals surface area contributed by atoms with E-state index in [4.69, 9.17) is 9.47 Å². The van der Waals surface area contributed by atoms with Crippen molar-refractivity contribution in [2.45, 2.75) is 31.7 Å². The fourth-order valence-corrected chi connectivity index (χ4v) is 4.53. The van der Waals surface area contributed by atoms with Gasteiger partial charge in [0.25, 0.3) is 5.91 Å². The SMILES string of the molecule is COc1ccc2nc(C(=O)N3CCN(C(C)=O)C4(CCOCC4)CC3)ccc2c1. The van der Waals surface area contributed by atoms with E-state index in [9.17, 15) is 9.59 Å². The Balaban J connectivity index is 1.56. The van der Waals surface area contributed by atoms with Gasteiger partial charge in [0.05, 0.1) is 12.6 Å². The van der Waals surface area contributed by atoms with Crippen molar-refractivity contribution >= 4 is 22.7 Å². The number of amides is 2. The summed E-state index contributed by atoms with van der Waals surface area (Å²) in [7, 11) is 1.63. The summed E-state index contributed by atoms with van der Waals surface area (Å²) in [5, 5.41) is 0.931. The molecule has 2 saturated heterocycles. The van der Waals surface area contributed by atoms with E-state index in [0.717, 1.165) is 35.9 Å². The van der Waals surface area contributed by atoms with E-state index in [-0.39, 0.29) is 17.4 Å². The number of aromatic nitrogens is 1. The van der Waals surface area contributed by atoms with Crippen molar-refractivity contribution in [1.29, 1.82) is 0 Å². The van der Waals surface area contributed by atoms with Gasteiger partial charge < -0.3 is 19.3 Å². The summed E-state index contributed by atoms with van der Waals surface area (Å²) in [6.45, 7) is 4.62. The van der Waals surface area contributed by atoms with Crippen molar-refractivity contribution in [1.82, 2.24) is 14.8 Å². The van der Waals surface area contributed by atoms with Gasteiger partial charge in [-0.3, -0.25) is 9.59 Å². The third kappa shape index (κ3) is 3.79. The van der Waals surface area contributed by atoms with Crippen LogP contribution in [0.15, 0.2) is 30.3 Å². The standard InChI is InChI=1S/C22H27N3O4/c1-16(26)25-12-11-24(10-7-22(25)8-13-29-14-9-22)21(27)20-5-3-17-15-18(28-2)4-6-19(17)23-20/h3-6,15H,7-14H2,1-2H3. The smallest absolute Gasteiger partial charge is 0.272 e. The first-order valence-corrected chi connectivity index (χ1v) is 10.1. The third-order valence-corrected chi connectivity index (χ3v) is 6.22. The van der Waals surface area contributed by atoms with Gasteiger partial charge in [-0.25, -0.2) is 4.98 Å². The molecule has 0 bridgehead atoms. The molecule has 0 unspecified atom stereocenters. The van der Waals surface area contributed by atoms with Gasteiger partial charge in [-0.1, -0.05) is 6.07 Å². The van der Waals surface area contributed by atoms with Crippen LogP contribution in [-0.4, -0.2) is 72.1 Å². The van der Waals surface area contributed by atoms with Gasteiger partial charge in [0.2, 0.25) is 5.91 Å². The summed E-state index contributed by atoms with van der Waals surface area (Å²) in [6.07, 6.45) is 2.42. The number of nitrogens with zero attached hydrogens (tertiary/aromatic N) is 3. The van der Waals surface area contributed by atoms with E-state index < -0.39 is 0 Å². The zero-order valence-electron chi connectivity index (χ0n) is 17.0. The lowest BCUT2D eigenvalue weighted by atomic mass is 9.84. The van der Waals surface area contributed by atoms with Crippen LogP contribution in [0.4, 0.5) is 0 Å². The molecular weight excluding hydrogens is 370 g/mol. The predicted molar refractivity (Wildman–Crippen MR) is 109 cm³/mol. The number of benzene rings is 1. The molecule has 1 spiro atoms. The normalized spacial score (nSPS) is 19.2. The zero-order valence-corrected chi connectivity index (χ0v) is 17.0. The molecule has 3 heterocycles. The fraction of sp³-hybridized carbons (Fsp3) is 0.500. The molecule has 154 valence electrons. The molecule has 2 aromatic rings. The second-order valence-electron chi connectivity index (χ2n) is 7.80. The number of fused-ring (bicyclic) bond motifs is 1. The number of ether oxygens (including phenoxy) is 2. The van der Waals surface area contributed by atoms with Gasteiger partial charge in [-0.05, 0) is 43.5 Å². The molecule has 1 aromatic heterocycles. The van der Waals surface area contributed by atoms with Gasteiger partial charge in [-0.2, -0.15) is 0 Å². The van der Waals surface area contributed by atoms with Gasteiger partial charge in [0.1, 0.15) is 11.4 Å². The number of pyridine rings is 1. The molecule has 2 aliphatic heterocycles. The van der Waals surface area contributed by atoms with E-state index in [1.165, 1.54) is 0 Å². The first-order valence-electron chi connectivity index (χ1n) is 10.1. The summed E-state index contributed by atoms with van der Waals surface area (Å²) < 4.78 is 10.8. The molecule has 7 nitrogen and oxygen atoms in total. The first kappa shape index (κ1) is 19.6. The molecular formula is C22H27N3O4. The lowest BCUT2D eigenvalue weighted by molar-refractivity contribution is -0.139. The van der Waals surface area contributed by atoms with Crippen LogP contribution in [0.1, 0.15) is 36.7 Å². The van der Waals surface area contributed by atoms with Crippen LogP contribution in [0.25, 0.3) is 10.9 Å². The monoisotopic (exact) mass is 397 g/mol. The van der Waals surface area contributed by atoms with E-state index in [1.807, 2.05) is 34.1 Å². The molecule has 29 heavy (non-hydrogen) atoms. The van der Waals surface area contributed by atoms with Crippen molar-refractivity contribution in [2.75, 3.05) is 40.0 Å². The van der Waals surface area contributed by atoms with Crippen LogP contribution in [-0.2, 0) is 9.53 Å². The Morgan fingerprint density at radius 1 is 1.07 bits per heavy atom. The minimum Gasteiger partial charge on any atom is -0.497 e. The second kappa shape index (κ2) is 7.99. The average molecular weight is 397 g/mol. The number of rotatable bonds is 2. The van der Waals surface area contributed by atoms with Crippen molar-refractivity contribution in [3.8, 4) is 5.75 Å². The maximum absolute atomic E-state index is 13.2. The topological polar surface area (TPSA) is 72.0 Å². The number of carbonyl (C=O) groups excluding carboxylic acids is 2. The van der Waals surface area contributed by atoms with E-state index >= 15 is 0 Å². The minimum absolute atomic E-state index is 0.0685. The largest absolute Gasteiger partial charge is 0.497 e. The molecule has 0 aliphatic carbocycles. The van der Waals surface area contributed by atoms with Gasteiger partial charge in [-0.15, -0.1) is 0 Å². The molecule has 0 saturated carbocycles. The third-order valence-electron chi connectivity index (χ3n) is 6.22. The summed E-state index contributed by atoms with van der Waals surface area (Å²) in [6, 6.07) is 9.28. The number of methoxy groups -OCH3 is 1. The lowest BCUT2D eigenvalue weighted by Crippen LogP contribution is -2.54. The molecule has 0 atom stereocenters. The number of carbonyl (C=O) groups is 2. The number of hydrogen-bond acceptors (Lipinski definition) is 5. The lowest BCUT2D eigenvalue weighted by Gasteiger charge is -2.44. The average Bonchev–Trinajstić information content (AvgIpc) is 2.93. The van der Waals surface area contributed by atoms with Crippen LogP contribution in [0.3, 0.4) is 0 Å². The predicted octanol–water partition coefficient (Wildman–Crippen LogP) is 2.49. The molecule has 0 N–H and O–H groups in total. The van der Waals surface area contributed by atoms with Crippen LogP contribution in [0.2, 0.25) is 0 Å². The number of hydrogen-bond donors (Lipinski definition) is 0. The molecule has 0 radical (unpaired) electrons. The summed E-state index contributed by atoms with van der Waals surface area (Å²) in [4.78, 5) is 33.9. The fourth-order valence-electron chi connectivity index (χ4n) is 4.53. The van der Waals surface area contributed by atoms with Crippen molar-refractivity contribution in [3.05, 3.63) is 36.0 Å². The van der Waals surface area contributed by atoms with E-state index in [2.05, 4.69) is 4.98 Å². The van der Waals surface area contributed by atoms with Gasteiger partial charge in [0, 0.05) is 50.7 Å². The quantitative estimate of drug-likeness (QED) is 0.779. The highest BCUT2D eigenvalue weighted by atomic mass is 16.5. The summed E-state index contributed by atoms with van der Waals surface area (Å²) >= 11 is 0. The maximum Gasteiger partial charge on any atom is 0.272 e. The second-order valence-corrected chi connectivity index (χ2v) is 7.80. The van der Waals surface area contributed by atoms with Crippen molar-refractivity contribution < 1.29 is 19.1 Å². The zero-order chi connectivity index (χ0) is 20.4. The van der Waals surface area contributed by atoms with E-state index in [0.29, 0.717) is 38.5 Å². The maximum atomic E-state index is 13.2. The summed E-state index contributed by atoms with van der Waals surface area (Å²) in [5.41, 5.74) is 0.990. The molecule has 2 amide bonds. The van der Waals surface area contributed by atoms with Gasteiger partial charge in [0.15, 0.2) is 0 Å². The Hall–Kier alpha value is -2.67. The summed E-state index contributed by atoms with van der Waals surface area (Å²) in [5.74, 6) is 0.742. The Labute approximate surface area is 170 Å². The Morgan fingerprint density at radius 3 is 2.59 bits per heavy atom. The van der Waals surface area contributed by atoms with Crippen molar-refractivity contribution in [3.63, 3.8) is 0 Å². The van der Waals surface area contributed by atoms with Gasteiger partial charge >= 0.3 is 0 Å². The molecule has 4 rings (SSSR count). The highest BCUT2D eigenvalue weighted by Crippen LogP contribution is 2.34. The minimum atomic E-state index is -0.202. The van der Waals surface area contributed by atoms with Crippen LogP contribution < -0.4 is 4.74 Å². The molecule has 2 fully saturated rings. The first-order chi connectivity index (χ1) is 14.0. The van der Waals surface area contributed by atoms with Crippen LogP contribution >= 0.6 is 0 Å². The van der Waals surface area contributed by atoms with Crippen LogP contribution in [0.5, 0.6) is 5.75 Å². The molecule has 1 aromatic carbocycles. The highest BCUT2D eigenvalue weighted by molar-refractivity contribution is 5.95. The molecule has 2 aliphatic rings. The Kier molecular flexibility index (Phi) is 5.41. The Morgan fingerprint density at radius 2 is 1.86 bits per heavy atom. The van der Waals surface area contributed by atoms with E-state index in [1.54, 1.807) is 20.1 Å². The van der Waals surface area contributed by atoms with Crippen molar-refractivity contribution in [2.24, 2.45) is 0 Å². The Bertz CT molecular complexity index is 923. The highest BCUT2D eigenvalue weighted by Gasteiger charge is 2.42. The van der Waals surface area contributed by atoms with Crippen LogP contribution in [0, 0.1) is 0 Å².